The molecule has 0 saturated carbocycles. The van der Waals surface area contributed by atoms with Gasteiger partial charge < -0.3 is 75.7 Å². The first kappa shape index (κ1) is 60.0. The van der Waals surface area contributed by atoms with E-state index in [2.05, 4.69) is 38.9 Å². The number of aliphatic carboxylic acids is 1. The van der Waals surface area contributed by atoms with Crippen LogP contribution in [0.4, 0.5) is 5.82 Å². The van der Waals surface area contributed by atoms with Gasteiger partial charge in [-0.25, -0.2) is 24.1 Å². The zero-order valence-corrected chi connectivity index (χ0v) is 40.7. The summed E-state index contributed by atoms with van der Waals surface area (Å²) in [7, 11) is -17.0. The molecule has 8 atom stereocenters. The Kier molecular flexibility index (Phi) is 24.6. The fourth-order valence-electron chi connectivity index (χ4n) is 5.04. The molecule has 3 rings (SSSR count). The fourth-order valence-corrected chi connectivity index (χ4v) is 8.69. The molecular formula is C27H44N7Na2O21P3S. The van der Waals surface area contributed by atoms with Crippen LogP contribution in [0.15, 0.2) is 12.7 Å². The second-order valence-corrected chi connectivity index (χ2v) is 18.8. The van der Waals surface area contributed by atoms with Gasteiger partial charge in [-0.15, -0.1) is 0 Å². The van der Waals surface area contributed by atoms with Crippen molar-refractivity contribution in [2.75, 3.05) is 37.8 Å². The summed E-state index contributed by atoms with van der Waals surface area (Å²) in [5, 5.41) is 44.3. The van der Waals surface area contributed by atoms with Crippen molar-refractivity contribution >= 4 is 75.1 Å². The number of carbonyl (C=O) groups excluding carboxylic acids is 3. The second kappa shape index (κ2) is 25.0. The average Bonchev–Trinajstić information content (AvgIpc) is 3.63. The van der Waals surface area contributed by atoms with Crippen LogP contribution in [-0.2, 0) is 55.5 Å². The number of nitrogen functional groups attached to an aromatic ring is 1. The Bertz CT molecular complexity index is 1960. The van der Waals surface area contributed by atoms with Gasteiger partial charge in [-0.05, 0) is 6.92 Å². The van der Waals surface area contributed by atoms with Crippen molar-refractivity contribution in [2.24, 2.45) is 5.41 Å². The molecule has 0 aromatic carbocycles. The number of phosphoric acid groups is 3. The SMILES string of the molecule is CC(O)(CC(=O)O)CC(=O)SCCNC(=O)CCNC(=O)[C@@H](O)C(C)(C)COP(=O)(O)OP(=O)(O)OC[C@H]1O[C@@H](n2cnc3c(N)ncnc32)[C@H](O)[C@@H]1OP(=O)([O-])[O-].O.[Na+].[Na+]. The van der Waals surface area contributed by atoms with Crippen LogP contribution in [0.5, 0.6) is 0 Å². The van der Waals surface area contributed by atoms with Crippen LogP contribution in [0.25, 0.3) is 11.2 Å². The van der Waals surface area contributed by atoms with Gasteiger partial charge in [0.2, 0.25) is 11.8 Å². The van der Waals surface area contributed by atoms with Crippen molar-refractivity contribution in [2.45, 2.75) is 76.3 Å². The first-order valence-electron chi connectivity index (χ1n) is 16.6. The topological polar surface area (TPSA) is 458 Å². The maximum atomic E-state index is 12.6. The van der Waals surface area contributed by atoms with E-state index in [-0.39, 0.29) is 107 Å². The van der Waals surface area contributed by atoms with E-state index in [0.29, 0.717) is 0 Å². The van der Waals surface area contributed by atoms with E-state index in [4.69, 9.17) is 20.1 Å². The number of hydrogen-bond acceptors (Lipinski definition) is 22. The summed E-state index contributed by atoms with van der Waals surface area (Å²) >= 11 is 0.767. The van der Waals surface area contributed by atoms with Gasteiger partial charge in [0, 0.05) is 37.1 Å². The quantitative estimate of drug-likeness (QED) is 0.0284. The Morgan fingerprint density at radius 2 is 1.66 bits per heavy atom. The molecule has 12 N–H and O–H groups in total. The molecule has 336 valence electrons. The minimum Gasteiger partial charge on any atom is -0.790 e. The van der Waals surface area contributed by atoms with Gasteiger partial charge in [-0.2, -0.15) is 4.31 Å². The molecule has 2 amide bonds. The molecule has 2 aromatic rings. The monoisotopic (exact) mass is 973 g/mol. The van der Waals surface area contributed by atoms with Gasteiger partial charge in [0.25, 0.3) is 0 Å². The van der Waals surface area contributed by atoms with Gasteiger partial charge in [0.15, 0.2) is 22.8 Å². The molecule has 0 spiro atoms. The zero-order chi connectivity index (χ0) is 43.9. The summed E-state index contributed by atoms with van der Waals surface area (Å²) in [4.78, 5) is 102. The number of phosphoric ester groups is 3. The van der Waals surface area contributed by atoms with Crippen molar-refractivity contribution in [3.63, 3.8) is 0 Å². The number of thioether (sulfide) groups is 1. The van der Waals surface area contributed by atoms with Crippen LogP contribution in [0.3, 0.4) is 0 Å². The summed E-state index contributed by atoms with van der Waals surface area (Å²) in [6.45, 7) is 1.19. The number of ether oxygens (including phenoxy) is 1. The van der Waals surface area contributed by atoms with Crippen LogP contribution < -0.4 is 85.3 Å². The maximum Gasteiger partial charge on any atom is 1.00 e. The standard InChI is InChI=1S/C27H44N7O20P3S.2Na.H2O/c1-26(2,21(40)24(41)30-5-4-15(35)29-6-7-58-17(38)9-27(3,42)8-16(36)37)11-51-57(48,49)54-56(46,47)50-10-14-20(53-55(43,44)45)19(39)25(52-14)34-13-33-18-22(28)31-12-32-23(18)34;;;/h12-14,19-21,25,39-40,42H,4-11H2,1-3H3,(H,29,35)(H,30,41)(H,36,37)(H,46,47)(H,48,49)(H2,28,31,32)(H2,43,44,45);;;1H2/q;2*+1;/p-2/t14-,19-,20-,21-,25-,27?;;;/m1.../s1. The largest absolute Gasteiger partial charge is 1.00 e. The molecule has 28 nitrogen and oxygen atoms in total. The molecular weight excluding hydrogens is 929 g/mol. The smallest absolute Gasteiger partial charge is 0.790 e. The summed E-state index contributed by atoms with van der Waals surface area (Å²) in [5.74, 6) is -2.85. The number of carboxylic acid groups (broad SMARTS) is 1. The maximum absolute atomic E-state index is 12.6. The summed E-state index contributed by atoms with van der Waals surface area (Å²) < 4.78 is 61.3. The Balaban J connectivity index is 0.0000120. The molecule has 61 heavy (non-hydrogen) atoms. The number of hydrogen-bond donors (Lipinski definition) is 9. The predicted molar refractivity (Wildman–Crippen MR) is 194 cm³/mol. The van der Waals surface area contributed by atoms with E-state index in [1.807, 2.05) is 0 Å². The molecule has 1 fully saturated rings. The zero-order valence-electron chi connectivity index (χ0n) is 33.2. The number of carbonyl (C=O) groups is 4. The van der Waals surface area contributed by atoms with Crippen molar-refractivity contribution < 1.29 is 160 Å². The van der Waals surface area contributed by atoms with Gasteiger partial charge in [0.1, 0.15) is 36.3 Å². The Morgan fingerprint density at radius 3 is 2.26 bits per heavy atom. The van der Waals surface area contributed by atoms with Crippen molar-refractivity contribution in [1.29, 1.82) is 0 Å². The molecule has 3 heterocycles. The second-order valence-electron chi connectivity index (χ2n) is 13.5. The number of fused-ring (bicyclic) bond motifs is 1. The van der Waals surface area contributed by atoms with Crippen molar-refractivity contribution in [3.8, 4) is 0 Å². The molecule has 2 aromatic heterocycles. The molecule has 34 heteroatoms. The van der Waals surface area contributed by atoms with Gasteiger partial charge >= 0.3 is 80.7 Å². The number of imidazole rings is 1. The molecule has 3 unspecified atom stereocenters. The van der Waals surface area contributed by atoms with Crippen LogP contribution in [0.1, 0.15) is 46.3 Å². The molecule has 1 saturated heterocycles. The summed E-state index contributed by atoms with van der Waals surface area (Å²) in [5.41, 5.74) is 2.35. The van der Waals surface area contributed by atoms with E-state index in [9.17, 15) is 67.8 Å². The number of anilines is 1. The first-order chi connectivity index (χ1) is 26.6. The number of rotatable bonds is 23. The third-order valence-electron chi connectivity index (χ3n) is 7.81. The minimum atomic E-state index is -5.84. The van der Waals surface area contributed by atoms with E-state index in [1.165, 1.54) is 20.8 Å². The van der Waals surface area contributed by atoms with E-state index in [1.54, 1.807) is 0 Å². The Labute approximate surface area is 394 Å². The van der Waals surface area contributed by atoms with E-state index in [0.717, 1.165) is 29.0 Å². The number of nitrogens with one attached hydrogen (secondary N) is 2. The molecule has 0 aliphatic carbocycles. The van der Waals surface area contributed by atoms with E-state index >= 15 is 0 Å². The van der Waals surface area contributed by atoms with Gasteiger partial charge in [-0.3, -0.25) is 32.8 Å². The van der Waals surface area contributed by atoms with Crippen LogP contribution in [0.2, 0.25) is 0 Å². The molecule has 1 aliphatic rings. The summed E-state index contributed by atoms with van der Waals surface area (Å²) in [6.07, 6.45) is -8.63. The number of nitrogens with zero attached hydrogens (tertiary/aromatic N) is 4. The third kappa shape index (κ3) is 19.5. The number of aromatic nitrogens is 4. The van der Waals surface area contributed by atoms with Gasteiger partial charge in [-0.1, -0.05) is 25.6 Å². The van der Waals surface area contributed by atoms with Crippen LogP contribution in [0, 0.1) is 5.41 Å². The number of aliphatic hydroxyl groups excluding tert-OH is 2. The number of nitrogens with two attached hydrogens (primary N) is 1. The Morgan fingerprint density at radius 1 is 1.03 bits per heavy atom. The first-order valence-corrected chi connectivity index (χ1v) is 22.0. The number of carboxylic acids is 1. The van der Waals surface area contributed by atoms with E-state index < -0.39 is 114 Å². The number of amides is 2. The predicted octanol–water partition coefficient (Wildman–Crippen LogP) is -9.80. The number of aliphatic hydroxyl groups is 3. The fraction of sp³-hybridized carbons (Fsp3) is 0.667. The average molecular weight is 974 g/mol. The van der Waals surface area contributed by atoms with Crippen LogP contribution >= 0.6 is 35.2 Å². The minimum absolute atomic E-state index is 0. The van der Waals surface area contributed by atoms with Crippen molar-refractivity contribution in [3.05, 3.63) is 12.7 Å². The normalized spacial score (nSPS) is 21.3. The molecule has 0 bridgehead atoms. The molecule has 1 aliphatic heterocycles. The Hall–Kier alpha value is -1.05. The molecule has 0 radical (unpaired) electrons. The van der Waals surface area contributed by atoms with Crippen molar-refractivity contribution in [1.82, 2.24) is 30.2 Å². The van der Waals surface area contributed by atoms with Gasteiger partial charge in [0.05, 0.1) is 39.4 Å². The van der Waals surface area contributed by atoms with Crippen LogP contribution in [-0.4, -0.2) is 140 Å². The summed E-state index contributed by atoms with van der Waals surface area (Å²) in [6, 6.07) is 0. The third-order valence-corrected chi connectivity index (χ3v) is 11.8.